The van der Waals surface area contributed by atoms with Gasteiger partial charge in [-0.15, -0.1) is 0 Å². The van der Waals surface area contributed by atoms with Crippen molar-refractivity contribution >= 4 is 0 Å². The highest BCUT2D eigenvalue weighted by atomic mass is 16.5. The first-order valence-corrected chi connectivity index (χ1v) is 7.93. The molecule has 0 aromatic carbocycles. The molecular weight excluding hydrogens is 284 g/mol. The lowest BCUT2D eigenvalue weighted by molar-refractivity contribution is 0.127. The van der Waals surface area contributed by atoms with E-state index in [0.717, 1.165) is 25.9 Å². The first kappa shape index (κ1) is 21.3. The molecule has 2 rings (SSSR count). The second-order valence-electron chi connectivity index (χ2n) is 5.98. The standard InChI is InChI=1S/C8H16O.C5H8O2.C4H8O2/c1-7(2)5-4-6-8(3)9;6-4-1-2-5(7)3-4;5-4-1-2-6-3-4/h5,8-9H,4,6H2,1-3H3;1-2,4-7H,3H2;4-5H,1-3H2. The largest absolute Gasteiger partial charge is 0.393 e. The first-order valence-electron chi connectivity index (χ1n) is 7.93. The van der Waals surface area contributed by atoms with Gasteiger partial charge in [-0.05, 0) is 40.0 Å². The fourth-order valence-electron chi connectivity index (χ4n) is 1.80. The van der Waals surface area contributed by atoms with E-state index in [1.165, 1.54) is 5.57 Å². The van der Waals surface area contributed by atoms with Gasteiger partial charge >= 0.3 is 0 Å². The maximum atomic E-state index is 8.84. The number of rotatable bonds is 3. The normalized spacial score (nSPS) is 27.3. The molecule has 22 heavy (non-hydrogen) atoms. The predicted molar refractivity (Wildman–Crippen MR) is 87.6 cm³/mol. The molecule has 0 amide bonds. The van der Waals surface area contributed by atoms with Crippen LogP contribution < -0.4 is 0 Å². The molecule has 0 bridgehead atoms. The summed E-state index contributed by atoms with van der Waals surface area (Å²) in [5.74, 6) is 0. The number of hydrogen-bond donors (Lipinski definition) is 4. The van der Waals surface area contributed by atoms with Gasteiger partial charge in [0.1, 0.15) is 0 Å². The smallest absolute Gasteiger partial charge is 0.0795 e. The number of ether oxygens (including phenoxy) is 1. The van der Waals surface area contributed by atoms with Crippen molar-refractivity contribution < 1.29 is 25.2 Å². The van der Waals surface area contributed by atoms with E-state index >= 15 is 0 Å². The van der Waals surface area contributed by atoms with Crippen LogP contribution in [0.1, 0.15) is 46.5 Å². The average Bonchev–Trinajstić information content (AvgIpc) is 3.01. The van der Waals surface area contributed by atoms with Crippen molar-refractivity contribution in [3.05, 3.63) is 23.8 Å². The zero-order valence-electron chi connectivity index (χ0n) is 14.0. The van der Waals surface area contributed by atoms with E-state index in [2.05, 4.69) is 19.9 Å². The van der Waals surface area contributed by atoms with Crippen LogP contribution in [0.25, 0.3) is 0 Å². The highest BCUT2D eigenvalue weighted by Gasteiger charge is 2.12. The van der Waals surface area contributed by atoms with Crippen molar-refractivity contribution in [1.29, 1.82) is 0 Å². The van der Waals surface area contributed by atoms with Gasteiger partial charge in [0.2, 0.25) is 0 Å². The third-order valence-corrected chi connectivity index (χ3v) is 3.08. The van der Waals surface area contributed by atoms with E-state index < -0.39 is 12.2 Å². The Balaban J connectivity index is 0.000000306. The SMILES string of the molecule is CC(C)=CCCC(C)O.OC1C=CC(O)C1.OC1CCOC1. The molecule has 5 nitrogen and oxygen atoms in total. The van der Waals surface area contributed by atoms with E-state index in [9.17, 15) is 0 Å². The van der Waals surface area contributed by atoms with Gasteiger partial charge in [-0.1, -0.05) is 23.8 Å². The Morgan fingerprint density at radius 1 is 1.23 bits per heavy atom. The Bertz CT molecular complexity index is 305. The molecule has 5 heteroatoms. The topological polar surface area (TPSA) is 90.2 Å². The molecule has 4 N–H and O–H groups in total. The van der Waals surface area contributed by atoms with Gasteiger partial charge in [-0.3, -0.25) is 0 Å². The predicted octanol–water partition coefficient (Wildman–Crippen LogP) is 1.55. The van der Waals surface area contributed by atoms with E-state index in [4.69, 9.17) is 25.2 Å². The summed E-state index contributed by atoms with van der Waals surface area (Å²) >= 11 is 0. The lowest BCUT2D eigenvalue weighted by Crippen LogP contribution is -2.04. The lowest BCUT2D eigenvalue weighted by Gasteiger charge is -1.98. The van der Waals surface area contributed by atoms with Crippen molar-refractivity contribution in [3.63, 3.8) is 0 Å². The van der Waals surface area contributed by atoms with Gasteiger partial charge in [-0.25, -0.2) is 0 Å². The van der Waals surface area contributed by atoms with Gasteiger partial charge in [0.15, 0.2) is 0 Å². The number of allylic oxidation sites excluding steroid dienone is 2. The maximum absolute atomic E-state index is 8.84. The molecule has 0 saturated carbocycles. The molecule has 0 aromatic heterocycles. The summed E-state index contributed by atoms with van der Waals surface area (Å²) in [6.07, 6.45) is 7.38. The Hall–Kier alpha value is -0.720. The Kier molecular flexibility index (Phi) is 12.4. The van der Waals surface area contributed by atoms with Crippen LogP contribution in [-0.2, 0) is 4.74 Å². The fraction of sp³-hybridized carbons (Fsp3) is 0.765. The van der Waals surface area contributed by atoms with Gasteiger partial charge in [0, 0.05) is 13.0 Å². The summed E-state index contributed by atoms with van der Waals surface area (Å²) in [4.78, 5) is 0. The summed E-state index contributed by atoms with van der Waals surface area (Å²) in [6.45, 7) is 7.24. The molecule has 0 radical (unpaired) electrons. The van der Waals surface area contributed by atoms with Gasteiger partial charge < -0.3 is 25.2 Å². The molecule has 130 valence electrons. The fourth-order valence-corrected chi connectivity index (χ4v) is 1.80. The Morgan fingerprint density at radius 3 is 2.05 bits per heavy atom. The molecular formula is C17H32O5. The van der Waals surface area contributed by atoms with E-state index in [0.29, 0.717) is 13.0 Å². The molecule has 1 fully saturated rings. The van der Waals surface area contributed by atoms with Crippen LogP contribution in [0, 0.1) is 0 Å². The van der Waals surface area contributed by atoms with E-state index in [-0.39, 0.29) is 12.2 Å². The van der Waals surface area contributed by atoms with Gasteiger partial charge in [0.25, 0.3) is 0 Å². The maximum Gasteiger partial charge on any atom is 0.0795 e. The molecule has 0 aromatic rings. The zero-order chi connectivity index (χ0) is 17.0. The Labute approximate surface area is 133 Å². The Morgan fingerprint density at radius 2 is 1.82 bits per heavy atom. The van der Waals surface area contributed by atoms with Crippen molar-refractivity contribution in [2.75, 3.05) is 13.2 Å². The minimum Gasteiger partial charge on any atom is -0.393 e. The number of hydrogen-bond acceptors (Lipinski definition) is 5. The monoisotopic (exact) mass is 316 g/mol. The van der Waals surface area contributed by atoms with Crippen LogP contribution in [0.4, 0.5) is 0 Å². The van der Waals surface area contributed by atoms with Crippen molar-refractivity contribution in [1.82, 2.24) is 0 Å². The highest BCUT2D eigenvalue weighted by Crippen LogP contribution is 2.08. The van der Waals surface area contributed by atoms with Crippen molar-refractivity contribution in [3.8, 4) is 0 Å². The van der Waals surface area contributed by atoms with Crippen LogP contribution in [-0.4, -0.2) is 58.1 Å². The van der Waals surface area contributed by atoms with Gasteiger partial charge in [0.05, 0.1) is 31.0 Å². The molecule has 0 spiro atoms. The highest BCUT2D eigenvalue weighted by molar-refractivity contribution is 5.02. The molecule has 4 atom stereocenters. The summed E-state index contributed by atoms with van der Waals surface area (Å²) in [7, 11) is 0. The van der Waals surface area contributed by atoms with Crippen molar-refractivity contribution in [2.24, 2.45) is 0 Å². The minimum atomic E-state index is -0.407. The third-order valence-electron chi connectivity index (χ3n) is 3.08. The van der Waals surface area contributed by atoms with Crippen LogP contribution in [0.15, 0.2) is 23.8 Å². The molecule has 1 aliphatic carbocycles. The zero-order valence-corrected chi connectivity index (χ0v) is 14.0. The second kappa shape index (κ2) is 12.8. The summed E-state index contributed by atoms with van der Waals surface area (Å²) in [5.41, 5.74) is 1.33. The molecule has 2 aliphatic rings. The molecule has 1 heterocycles. The quantitative estimate of drug-likeness (QED) is 0.593. The second-order valence-corrected chi connectivity index (χ2v) is 5.98. The van der Waals surface area contributed by atoms with Gasteiger partial charge in [-0.2, -0.15) is 0 Å². The van der Waals surface area contributed by atoms with Crippen LogP contribution in [0.2, 0.25) is 0 Å². The lowest BCUT2D eigenvalue weighted by atomic mass is 10.2. The van der Waals surface area contributed by atoms with E-state index in [1.807, 2.05) is 6.92 Å². The minimum absolute atomic E-state index is 0.152. The summed E-state index contributed by atoms with van der Waals surface area (Å²) in [5, 5.41) is 34.7. The summed E-state index contributed by atoms with van der Waals surface area (Å²) in [6, 6.07) is 0. The molecule has 1 aliphatic heterocycles. The number of aliphatic hydroxyl groups excluding tert-OH is 4. The average molecular weight is 316 g/mol. The van der Waals surface area contributed by atoms with Crippen LogP contribution >= 0.6 is 0 Å². The number of aliphatic hydroxyl groups is 4. The summed E-state index contributed by atoms with van der Waals surface area (Å²) < 4.78 is 4.81. The molecule has 1 saturated heterocycles. The van der Waals surface area contributed by atoms with Crippen LogP contribution in [0.5, 0.6) is 0 Å². The van der Waals surface area contributed by atoms with Crippen molar-refractivity contribution in [2.45, 2.75) is 70.9 Å². The van der Waals surface area contributed by atoms with Crippen LogP contribution in [0.3, 0.4) is 0 Å². The molecule has 4 unspecified atom stereocenters. The third kappa shape index (κ3) is 14.2. The first-order chi connectivity index (χ1) is 10.3. The van der Waals surface area contributed by atoms with E-state index in [1.54, 1.807) is 12.2 Å².